The Morgan fingerprint density at radius 2 is 1.40 bits per heavy atom. The van der Waals surface area contributed by atoms with Gasteiger partial charge in [-0.05, 0) is 43.9 Å². The summed E-state index contributed by atoms with van der Waals surface area (Å²) in [5, 5.41) is 7.16. The molecule has 9 rings (SSSR count). The highest BCUT2D eigenvalue weighted by molar-refractivity contribution is 5.98. The van der Waals surface area contributed by atoms with Gasteiger partial charge in [0.15, 0.2) is 0 Å². The van der Waals surface area contributed by atoms with Crippen molar-refractivity contribution in [1.29, 1.82) is 0 Å². The van der Waals surface area contributed by atoms with Crippen molar-refractivity contribution in [3.05, 3.63) is 83.7 Å². The first-order chi connectivity index (χ1) is 19.8. The summed E-state index contributed by atoms with van der Waals surface area (Å²) in [7, 11) is 0. The smallest absolute Gasteiger partial charge is 0.128 e. The lowest BCUT2D eigenvalue weighted by Gasteiger charge is -2.30. The molecular formula is C32H30N6O2. The quantitative estimate of drug-likeness (QED) is 0.272. The lowest BCUT2D eigenvalue weighted by Crippen LogP contribution is -2.30. The van der Waals surface area contributed by atoms with Gasteiger partial charge in [-0.2, -0.15) is 0 Å². The van der Waals surface area contributed by atoms with Crippen LogP contribution in [0.5, 0.6) is 11.5 Å². The topological polar surface area (TPSA) is 99.9 Å². The van der Waals surface area contributed by atoms with Crippen molar-refractivity contribution in [3.8, 4) is 34.0 Å². The first kappa shape index (κ1) is 22.7. The first-order valence-corrected chi connectivity index (χ1v) is 14.3. The number of fused-ring (bicyclic) bond motifs is 5. The highest BCUT2D eigenvalue weighted by Gasteiger charge is 2.37. The van der Waals surface area contributed by atoms with E-state index in [0.29, 0.717) is 31.2 Å². The third-order valence-corrected chi connectivity index (χ3v) is 9.18. The number of benzene rings is 2. The summed E-state index contributed by atoms with van der Waals surface area (Å²) in [5.74, 6) is 4.45. The molecule has 4 unspecified atom stereocenters. The number of hydrogen-bond donors (Lipinski definition) is 4. The monoisotopic (exact) mass is 530 g/mol. The zero-order valence-corrected chi connectivity index (χ0v) is 22.0. The molecule has 4 aliphatic heterocycles. The second kappa shape index (κ2) is 8.68. The van der Waals surface area contributed by atoms with E-state index < -0.39 is 0 Å². The minimum absolute atomic E-state index is 0.278. The number of aromatic amines is 2. The number of imidazole rings is 2. The molecular weight excluding hydrogens is 500 g/mol. The van der Waals surface area contributed by atoms with Crippen LogP contribution in [0, 0.1) is 5.92 Å². The Balaban J connectivity index is 0.983. The van der Waals surface area contributed by atoms with Gasteiger partial charge >= 0.3 is 0 Å². The Kier molecular flexibility index (Phi) is 4.92. The molecule has 8 heteroatoms. The van der Waals surface area contributed by atoms with Gasteiger partial charge in [-0.1, -0.05) is 36.4 Å². The van der Waals surface area contributed by atoms with Crippen LogP contribution in [0.1, 0.15) is 54.1 Å². The minimum Gasteiger partial charge on any atom is -0.488 e. The van der Waals surface area contributed by atoms with Gasteiger partial charge in [0.1, 0.15) is 36.4 Å². The molecule has 8 nitrogen and oxygen atoms in total. The Morgan fingerprint density at radius 3 is 1.93 bits per heavy atom. The molecule has 1 aliphatic carbocycles. The van der Waals surface area contributed by atoms with Gasteiger partial charge in [0.05, 0.1) is 35.9 Å². The standard InChI is InChI=1S/C32H30N6O2/c1-2-25(33-9-1)31-34-13-27(37-31)18-3-6-20-22-16-40-30-12-19(4-7-21(30)23(22)15-39-29(20)11-18)28-14-35-32(38-28)26-10-17-5-8-24(17)36-26/h3-8,11-14,17,24-26,33,36H,1-2,9-10,15-16H2,(H,34,37)(H,35,38). The predicted molar refractivity (Wildman–Crippen MR) is 153 cm³/mol. The van der Waals surface area contributed by atoms with Gasteiger partial charge in [0.25, 0.3) is 0 Å². The molecule has 2 aromatic carbocycles. The largest absolute Gasteiger partial charge is 0.488 e. The van der Waals surface area contributed by atoms with Crippen molar-refractivity contribution in [3.63, 3.8) is 0 Å². The molecule has 0 amide bonds. The van der Waals surface area contributed by atoms with E-state index >= 15 is 0 Å². The van der Waals surface area contributed by atoms with Crippen LogP contribution in [0.4, 0.5) is 0 Å². The number of ether oxygens (including phenoxy) is 2. The SMILES string of the molecule is C1=CC2NC(c3ncc(-c4ccc5c(c4)OCC4=C5COc5cc(-c6cnc(C7CCCN7)[nH]6)ccc54)[nH]3)CC12. The normalized spacial score (nSPS) is 25.9. The number of rotatable bonds is 4. The van der Waals surface area contributed by atoms with Crippen LogP contribution in [-0.4, -0.2) is 45.7 Å². The maximum Gasteiger partial charge on any atom is 0.128 e. The Hall–Kier alpha value is -4.14. The zero-order chi connectivity index (χ0) is 26.2. The van der Waals surface area contributed by atoms with E-state index in [1.165, 1.54) is 17.6 Å². The Labute approximate surface area is 231 Å². The van der Waals surface area contributed by atoms with Gasteiger partial charge in [0, 0.05) is 39.4 Å². The van der Waals surface area contributed by atoms with Crippen LogP contribution in [0.25, 0.3) is 33.7 Å². The van der Waals surface area contributed by atoms with Crippen molar-refractivity contribution in [2.24, 2.45) is 5.92 Å². The zero-order valence-electron chi connectivity index (χ0n) is 22.0. The van der Waals surface area contributed by atoms with Crippen LogP contribution >= 0.6 is 0 Å². The lowest BCUT2D eigenvalue weighted by atomic mass is 9.89. The summed E-state index contributed by atoms with van der Waals surface area (Å²) in [4.78, 5) is 16.4. The van der Waals surface area contributed by atoms with E-state index in [-0.39, 0.29) is 6.04 Å². The van der Waals surface area contributed by atoms with Crippen molar-refractivity contribution in [1.82, 2.24) is 30.6 Å². The molecule has 2 saturated heterocycles. The fourth-order valence-electron chi connectivity index (χ4n) is 6.86. The van der Waals surface area contributed by atoms with E-state index in [2.05, 4.69) is 74.1 Å². The number of nitrogens with zero attached hydrogens (tertiary/aromatic N) is 2. The average molecular weight is 531 g/mol. The van der Waals surface area contributed by atoms with E-state index in [4.69, 9.17) is 14.5 Å². The van der Waals surface area contributed by atoms with Crippen molar-refractivity contribution in [2.75, 3.05) is 19.8 Å². The molecule has 5 aliphatic rings. The van der Waals surface area contributed by atoms with Gasteiger partial charge in [-0.3, -0.25) is 0 Å². The van der Waals surface area contributed by atoms with E-state index in [1.807, 2.05) is 12.4 Å². The molecule has 2 aromatic heterocycles. The van der Waals surface area contributed by atoms with Gasteiger partial charge in [-0.25, -0.2) is 9.97 Å². The van der Waals surface area contributed by atoms with Crippen LogP contribution in [0.2, 0.25) is 0 Å². The fourth-order valence-corrected chi connectivity index (χ4v) is 6.86. The number of hydrogen-bond acceptors (Lipinski definition) is 6. The van der Waals surface area contributed by atoms with Crippen molar-refractivity contribution >= 4 is 11.1 Å². The van der Waals surface area contributed by atoms with Gasteiger partial charge in [-0.15, -0.1) is 0 Å². The Morgan fingerprint density at radius 1 is 0.750 bits per heavy atom. The van der Waals surface area contributed by atoms with Crippen LogP contribution in [0.15, 0.2) is 60.9 Å². The van der Waals surface area contributed by atoms with Crippen LogP contribution < -0.4 is 20.1 Å². The molecule has 200 valence electrons. The predicted octanol–water partition coefficient (Wildman–Crippen LogP) is 5.18. The number of H-pyrrole nitrogens is 2. The Bertz CT molecular complexity index is 1690. The van der Waals surface area contributed by atoms with Crippen molar-refractivity contribution < 1.29 is 9.47 Å². The molecule has 6 heterocycles. The van der Waals surface area contributed by atoms with Gasteiger partial charge < -0.3 is 30.1 Å². The molecule has 4 N–H and O–H groups in total. The van der Waals surface area contributed by atoms with Crippen molar-refractivity contribution in [2.45, 2.75) is 37.4 Å². The molecule has 0 bridgehead atoms. The fraction of sp³-hybridized carbons (Fsp3) is 0.312. The average Bonchev–Trinajstić information content (AvgIpc) is 3.80. The number of aromatic nitrogens is 4. The maximum absolute atomic E-state index is 6.34. The third-order valence-electron chi connectivity index (χ3n) is 9.18. The van der Waals surface area contributed by atoms with E-state index in [9.17, 15) is 0 Å². The lowest BCUT2D eigenvalue weighted by molar-refractivity contribution is 0.337. The molecule has 4 atom stereocenters. The van der Waals surface area contributed by atoms with Crippen LogP contribution in [-0.2, 0) is 0 Å². The van der Waals surface area contributed by atoms with Gasteiger partial charge in [0.2, 0.25) is 0 Å². The summed E-state index contributed by atoms with van der Waals surface area (Å²) in [6, 6.07) is 14.0. The second-order valence-corrected chi connectivity index (χ2v) is 11.5. The summed E-state index contributed by atoms with van der Waals surface area (Å²) in [5.41, 5.74) is 8.79. The molecule has 0 spiro atoms. The molecule has 4 aromatic rings. The summed E-state index contributed by atoms with van der Waals surface area (Å²) in [6.07, 6.45) is 11.8. The minimum atomic E-state index is 0.278. The highest BCUT2D eigenvalue weighted by Crippen LogP contribution is 2.45. The third kappa shape index (κ3) is 3.52. The highest BCUT2D eigenvalue weighted by atomic mass is 16.5. The first-order valence-electron chi connectivity index (χ1n) is 14.3. The maximum atomic E-state index is 6.34. The summed E-state index contributed by atoms with van der Waals surface area (Å²) >= 11 is 0. The molecule has 0 radical (unpaired) electrons. The summed E-state index contributed by atoms with van der Waals surface area (Å²) < 4.78 is 12.7. The van der Waals surface area contributed by atoms with E-state index in [0.717, 1.165) is 76.2 Å². The summed E-state index contributed by atoms with van der Waals surface area (Å²) in [6.45, 7) is 2.11. The molecule has 2 fully saturated rings. The van der Waals surface area contributed by atoms with E-state index in [1.54, 1.807) is 0 Å². The molecule has 0 saturated carbocycles. The molecule has 40 heavy (non-hydrogen) atoms. The second-order valence-electron chi connectivity index (χ2n) is 11.5. The number of nitrogens with one attached hydrogen (secondary N) is 4. The van der Waals surface area contributed by atoms with Crippen LogP contribution in [0.3, 0.4) is 0 Å².